The zero-order valence-electron chi connectivity index (χ0n) is 10.8. The topological polar surface area (TPSA) is 59.9 Å². The van der Waals surface area contributed by atoms with Gasteiger partial charge in [-0.15, -0.1) is 5.10 Å². The predicted octanol–water partition coefficient (Wildman–Crippen LogP) is 1.72. The van der Waals surface area contributed by atoms with Crippen LogP contribution in [0.1, 0.15) is 30.7 Å². The van der Waals surface area contributed by atoms with E-state index < -0.39 is 0 Å². The molecular weight excluding hydrogens is 216 g/mol. The van der Waals surface area contributed by atoms with E-state index in [4.69, 9.17) is 4.74 Å². The number of methoxy groups -OCH3 is 1. The first kappa shape index (κ1) is 12.2. The van der Waals surface area contributed by atoms with Gasteiger partial charge in [0, 0.05) is 20.3 Å². The Labute approximate surface area is 102 Å². The zero-order valence-corrected chi connectivity index (χ0v) is 10.8. The summed E-state index contributed by atoms with van der Waals surface area (Å²) in [6.45, 7) is 5.61. The number of hydrogen-bond donors (Lipinski definition) is 1. The predicted molar refractivity (Wildman–Crippen MR) is 66.0 cm³/mol. The Bertz CT molecular complexity index is 390. The first-order valence-corrected chi connectivity index (χ1v) is 6.06. The monoisotopic (exact) mass is 236 g/mol. The van der Waals surface area contributed by atoms with Crippen LogP contribution in [0.3, 0.4) is 0 Å². The second-order valence-corrected chi connectivity index (χ2v) is 4.90. The van der Waals surface area contributed by atoms with Crippen molar-refractivity contribution in [2.75, 3.05) is 25.6 Å². The third-order valence-corrected chi connectivity index (χ3v) is 3.51. The molecule has 1 saturated carbocycles. The van der Waals surface area contributed by atoms with Crippen molar-refractivity contribution in [3.63, 3.8) is 0 Å². The average molecular weight is 236 g/mol. The molecule has 0 saturated heterocycles. The Kier molecular flexibility index (Phi) is 3.57. The fourth-order valence-corrected chi connectivity index (χ4v) is 1.81. The molecule has 1 aromatic heterocycles. The van der Waals surface area contributed by atoms with E-state index in [2.05, 4.69) is 20.5 Å². The number of hydrogen-bond acceptors (Lipinski definition) is 5. The lowest BCUT2D eigenvalue weighted by Gasteiger charge is -2.15. The van der Waals surface area contributed by atoms with Gasteiger partial charge in [-0.1, -0.05) is 0 Å². The Morgan fingerprint density at radius 2 is 2.00 bits per heavy atom. The maximum absolute atomic E-state index is 5.13. The molecule has 5 nitrogen and oxygen atoms in total. The van der Waals surface area contributed by atoms with E-state index in [-0.39, 0.29) is 0 Å². The van der Waals surface area contributed by atoms with Crippen LogP contribution in [0.25, 0.3) is 0 Å². The van der Waals surface area contributed by atoms with Crippen LogP contribution in [-0.2, 0) is 4.74 Å². The van der Waals surface area contributed by atoms with E-state index in [9.17, 15) is 0 Å². The normalized spacial score (nSPS) is 16.9. The van der Waals surface area contributed by atoms with Crippen LogP contribution in [0.2, 0.25) is 0 Å². The van der Waals surface area contributed by atoms with Gasteiger partial charge in [-0.05, 0) is 38.5 Å². The molecule has 0 bridgehead atoms. The highest BCUT2D eigenvalue weighted by Gasteiger charge is 2.41. The van der Waals surface area contributed by atoms with Crippen LogP contribution in [0, 0.1) is 19.3 Å². The summed E-state index contributed by atoms with van der Waals surface area (Å²) in [4.78, 5) is 4.37. The average Bonchev–Trinajstić information content (AvgIpc) is 3.09. The lowest BCUT2D eigenvalue weighted by atomic mass is 10.0. The van der Waals surface area contributed by atoms with E-state index in [0.717, 1.165) is 31.0 Å². The fraction of sp³-hybridized carbons (Fsp3) is 0.750. The van der Waals surface area contributed by atoms with Crippen molar-refractivity contribution >= 4 is 5.95 Å². The molecule has 1 heterocycles. The SMILES string of the molecule is COCCC1(CNc2nnc(C)c(C)n2)CC1. The third kappa shape index (κ3) is 3.12. The molecular formula is C12H20N4O. The molecule has 94 valence electrons. The Hall–Kier alpha value is -1.23. The van der Waals surface area contributed by atoms with Crippen molar-refractivity contribution in [1.29, 1.82) is 0 Å². The van der Waals surface area contributed by atoms with E-state index in [1.54, 1.807) is 7.11 Å². The van der Waals surface area contributed by atoms with Crippen molar-refractivity contribution in [3.8, 4) is 0 Å². The number of nitrogens with zero attached hydrogens (tertiary/aromatic N) is 3. The molecule has 1 N–H and O–H groups in total. The minimum atomic E-state index is 0.401. The van der Waals surface area contributed by atoms with E-state index in [1.807, 2.05) is 13.8 Å². The summed E-state index contributed by atoms with van der Waals surface area (Å²) in [6.07, 6.45) is 3.64. The molecule has 2 rings (SSSR count). The fourth-order valence-electron chi connectivity index (χ4n) is 1.81. The summed E-state index contributed by atoms with van der Waals surface area (Å²) in [7, 11) is 1.75. The Morgan fingerprint density at radius 1 is 1.24 bits per heavy atom. The summed E-state index contributed by atoms with van der Waals surface area (Å²) < 4.78 is 5.13. The summed E-state index contributed by atoms with van der Waals surface area (Å²) in [5.74, 6) is 0.636. The van der Waals surface area contributed by atoms with Gasteiger partial charge in [0.2, 0.25) is 5.95 Å². The van der Waals surface area contributed by atoms with Crippen molar-refractivity contribution in [1.82, 2.24) is 15.2 Å². The van der Waals surface area contributed by atoms with E-state index in [1.165, 1.54) is 12.8 Å². The molecule has 0 amide bonds. The van der Waals surface area contributed by atoms with Crippen molar-refractivity contribution in [3.05, 3.63) is 11.4 Å². The lowest BCUT2D eigenvalue weighted by molar-refractivity contribution is 0.174. The van der Waals surface area contributed by atoms with Gasteiger partial charge in [0.15, 0.2) is 0 Å². The van der Waals surface area contributed by atoms with Gasteiger partial charge in [0.1, 0.15) is 0 Å². The van der Waals surface area contributed by atoms with Crippen LogP contribution < -0.4 is 5.32 Å². The molecule has 1 aromatic rings. The van der Waals surface area contributed by atoms with Crippen LogP contribution >= 0.6 is 0 Å². The summed E-state index contributed by atoms with van der Waals surface area (Å²) in [5.41, 5.74) is 2.22. The van der Waals surface area contributed by atoms with E-state index >= 15 is 0 Å². The summed E-state index contributed by atoms with van der Waals surface area (Å²) in [6, 6.07) is 0. The van der Waals surface area contributed by atoms with Gasteiger partial charge in [-0.25, -0.2) is 4.98 Å². The van der Waals surface area contributed by atoms with Crippen LogP contribution in [0.4, 0.5) is 5.95 Å². The van der Waals surface area contributed by atoms with Gasteiger partial charge in [-0.2, -0.15) is 5.10 Å². The van der Waals surface area contributed by atoms with Gasteiger partial charge in [0.25, 0.3) is 0 Å². The Morgan fingerprint density at radius 3 is 2.59 bits per heavy atom. The highest BCUT2D eigenvalue weighted by Crippen LogP contribution is 2.48. The molecule has 0 unspecified atom stereocenters. The quantitative estimate of drug-likeness (QED) is 0.815. The molecule has 0 aromatic carbocycles. The van der Waals surface area contributed by atoms with Crippen molar-refractivity contribution in [2.45, 2.75) is 33.1 Å². The highest BCUT2D eigenvalue weighted by atomic mass is 16.5. The molecule has 0 atom stereocenters. The van der Waals surface area contributed by atoms with Gasteiger partial charge < -0.3 is 10.1 Å². The first-order valence-electron chi connectivity index (χ1n) is 6.06. The molecule has 17 heavy (non-hydrogen) atoms. The molecule has 0 spiro atoms. The molecule has 0 aliphatic heterocycles. The standard InChI is InChI=1S/C12H20N4O/c1-9-10(2)15-16-11(14-9)13-8-12(4-5-12)6-7-17-3/h4-8H2,1-3H3,(H,13,14,16). The second kappa shape index (κ2) is 4.96. The smallest absolute Gasteiger partial charge is 0.242 e. The number of aromatic nitrogens is 3. The molecule has 5 heteroatoms. The van der Waals surface area contributed by atoms with Crippen LogP contribution in [-0.4, -0.2) is 35.4 Å². The number of aryl methyl sites for hydroxylation is 2. The number of anilines is 1. The van der Waals surface area contributed by atoms with Crippen LogP contribution in [0.5, 0.6) is 0 Å². The van der Waals surface area contributed by atoms with Crippen molar-refractivity contribution < 1.29 is 4.74 Å². The van der Waals surface area contributed by atoms with Crippen LogP contribution in [0.15, 0.2) is 0 Å². The molecule has 1 fully saturated rings. The number of nitrogens with one attached hydrogen (secondary N) is 1. The van der Waals surface area contributed by atoms with Crippen molar-refractivity contribution in [2.24, 2.45) is 5.41 Å². The minimum absolute atomic E-state index is 0.401. The van der Waals surface area contributed by atoms with Gasteiger partial charge in [-0.3, -0.25) is 0 Å². The first-order chi connectivity index (χ1) is 8.15. The molecule has 0 radical (unpaired) electrons. The third-order valence-electron chi connectivity index (χ3n) is 3.51. The highest BCUT2D eigenvalue weighted by molar-refractivity contribution is 5.26. The van der Waals surface area contributed by atoms with Gasteiger partial charge in [0.05, 0.1) is 11.4 Å². The summed E-state index contributed by atoms with van der Waals surface area (Å²) in [5, 5.41) is 11.4. The van der Waals surface area contributed by atoms with E-state index in [0.29, 0.717) is 11.4 Å². The zero-order chi connectivity index (χ0) is 12.3. The number of rotatable bonds is 6. The minimum Gasteiger partial charge on any atom is -0.385 e. The lowest BCUT2D eigenvalue weighted by Crippen LogP contribution is -2.19. The maximum atomic E-state index is 5.13. The maximum Gasteiger partial charge on any atom is 0.242 e. The molecule has 1 aliphatic rings. The largest absolute Gasteiger partial charge is 0.385 e. The molecule has 1 aliphatic carbocycles. The van der Waals surface area contributed by atoms with Gasteiger partial charge >= 0.3 is 0 Å². The second-order valence-electron chi connectivity index (χ2n) is 4.90. The number of ether oxygens (including phenoxy) is 1. The Balaban J connectivity index is 1.87. The summed E-state index contributed by atoms with van der Waals surface area (Å²) >= 11 is 0.